The molecule has 1 aromatic carbocycles. The summed E-state index contributed by atoms with van der Waals surface area (Å²) in [4.78, 5) is 47.9. The molecule has 0 bridgehead atoms. The number of carboxylic acids is 3. The van der Waals surface area contributed by atoms with Crippen LogP contribution in [0.3, 0.4) is 0 Å². The van der Waals surface area contributed by atoms with Crippen LogP contribution in [0.5, 0.6) is 0 Å². The Morgan fingerprint density at radius 2 is 0.742 bits per heavy atom. The number of carboxylic acid groups (broad SMARTS) is 3. The second-order valence-corrected chi connectivity index (χ2v) is 15.9. The molecule has 0 spiro atoms. The Morgan fingerprint density at radius 1 is 0.419 bits per heavy atom. The zero-order chi connectivity index (χ0) is 45.7. The van der Waals surface area contributed by atoms with Crippen LogP contribution in [0.4, 0.5) is 0 Å². The molecule has 0 saturated carbocycles. The number of unbranched alkanes of at least 4 members (excludes halogenated alkanes) is 20. The smallest absolute Gasteiger partial charge is 0.339 e. The minimum atomic E-state index is -1.65. The van der Waals surface area contributed by atoms with Crippen LogP contribution < -0.4 is 0 Å². The van der Waals surface area contributed by atoms with E-state index in [9.17, 15) is 34.5 Å². The van der Waals surface area contributed by atoms with E-state index >= 15 is 0 Å². The van der Waals surface area contributed by atoms with Gasteiger partial charge in [-0.25, -0.2) is 19.2 Å². The van der Waals surface area contributed by atoms with Crippen molar-refractivity contribution in [3.63, 3.8) is 0 Å². The molecule has 14 nitrogen and oxygen atoms in total. The lowest BCUT2D eigenvalue weighted by Crippen LogP contribution is -2.53. The van der Waals surface area contributed by atoms with Crippen LogP contribution in [-0.2, 0) is 33.2 Å². The van der Waals surface area contributed by atoms with E-state index in [-0.39, 0.29) is 26.4 Å². The van der Waals surface area contributed by atoms with Gasteiger partial charge in [0.05, 0.1) is 68.5 Å². The Morgan fingerprint density at radius 3 is 1.15 bits per heavy atom. The van der Waals surface area contributed by atoms with Gasteiger partial charge in [0.2, 0.25) is 6.29 Å². The van der Waals surface area contributed by atoms with Crippen LogP contribution in [0.15, 0.2) is 12.1 Å². The number of carbonyl (C=O) groups is 4. The van der Waals surface area contributed by atoms with Gasteiger partial charge in [0.25, 0.3) is 0 Å². The van der Waals surface area contributed by atoms with Crippen LogP contribution in [0.25, 0.3) is 0 Å². The lowest BCUT2D eigenvalue weighted by atomic mass is 9.98. The van der Waals surface area contributed by atoms with Gasteiger partial charge in [-0.2, -0.15) is 0 Å². The first-order valence-corrected chi connectivity index (χ1v) is 23.9. The van der Waals surface area contributed by atoms with Gasteiger partial charge < -0.3 is 48.5 Å². The van der Waals surface area contributed by atoms with Gasteiger partial charge in [0, 0.05) is 0 Å². The molecule has 0 fully saturated rings. The maximum Gasteiger partial charge on any atom is 0.339 e. The molecule has 1 rings (SSSR count). The lowest BCUT2D eigenvalue weighted by Gasteiger charge is -2.39. The second kappa shape index (κ2) is 37.3. The Hall–Kier alpha value is -3.14. The Labute approximate surface area is 372 Å². The number of aromatic carboxylic acids is 3. The third-order valence-corrected chi connectivity index (χ3v) is 10.5. The molecule has 14 heteroatoms. The van der Waals surface area contributed by atoms with Crippen molar-refractivity contribution in [2.45, 2.75) is 194 Å². The fraction of sp³-hybridized carbons (Fsp3) is 0.792. The van der Waals surface area contributed by atoms with Crippen LogP contribution in [0.2, 0.25) is 0 Å². The molecule has 1 aromatic rings. The van der Waals surface area contributed by atoms with Gasteiger partial charge in [0.15, 0.2) is 0 Å². The predicted molar refractivity (Wildman–Crippen MR) is 238 cm³/mol. The van der Waals surface area contributed by atoms with E-state index in [1.807, 2.05) is 0 Å². The van der Waals surface area contributed by atoms with Crippen molar-refractivity contribution in [2.75, 3.05) is 52.9 Å². The number of benzene rings is 1. The number of carbonyl (C=O) groups excluding carboxylic acids is 1. The third kappa shape index (κ3) is 25.2. The minimum Gasteiger partial charge on any atom is -0.478 e. The van der Waals surface area contributed by atoms with Crippen LogP contribution in [0.1, 0.15) is 223 Å². The Balaban J connectivity index is 3.16. The first kappa shape index (κ1) is 56.9. The molecular weight excluding hydrogens is 801 g/mol. The molecule has 0 radical (unpaired) electrons. The normalized spacial score (nSPS) is 12.1. The molecule has 0 aromatic heterocycles. The lowest BCUT2D eigenvalue weighted by molar-refractivity contribution is -0.457. The van der Waals surface area contributed by atoms with Crippen molar-refractivity contribution in [3.05, 3.63) is 34.4 Å². The molecule has 0 saturated heterocycles. The fourth-order valence-corrected chi connectivity index (χ4v) is 6.83. The fourth-order valence-electron chi connectivity index (χ4n) is 6.83. The first-order chi connectivity index (χ1) is 30.1. The molecular formula is C48H82O14. The van der Waals surface area contributed by atoms with Crippen molar-refractivity contribution in [2.24, 2.45) is 0 Å². The zero-order valence-corrected chi connectivity index (χ0v) is 38.7. The molecule has 0 aliphatic rings. The van der Waals surface area contributed by atoms with Crippen molar-refractivity contribution in [1.29, 1.82) is 0 Å². The average molecular weight is 883 g/mol. The van der Waals surface area contributed by atoms with E-state index < -0.39 is 58.4 Å². The highest BCUT2D eigenvalue weighted by atomic mass is 16.9. The summed E-state index contributed by atoms with van der Waals surface area (Å²) >= 11 is 0. The zero-order valence-electron chi connectivity index (χ0n) is 38.7. The number of esters is 1. The number of hydrogen-bond acceptors (Lipinski definition) is 11. The maximum atomic E-state index is 12.9. The molecule has 0 heterocycles. The van der Waals surface area contributed by atoms with E-state index in [0.717, 1.165) is 77.0 Å². The third-order valence-electron chi connectivity index (χ3n) is 10.5. The Bertz CT molecular complexity index is 1290. The van der Waals surface area contributed by atoms with Crippen molar-refractivity contribution in [1.82, 2.24) is 0 Å². The topological polar surface area (TPSA) is 194 Å². The summed E-state index contributed by atoms with van der Waals surface area (Å²) in [7, 11) is 0. The van der Waals surface area contributed by atoms with E-state index in [2.05, 4.69) is 27.7 Å². The SMILES string of the molecule is CCCCCCCCOC(OCCOCCOC(=O)c1cc(C(=O)O)c(C(=O)O)cc1C(=O)O)C(OCCCCCCCC)(OCCCCCCCC)OCCCCCCCC. The summed E-state index contributed by atoms with van der Waals surface area (Å²) in [6.07, 6.45) is 25.2. The van der Waals surface area contributed by atoms with Crippen molar-refractivity contribution < 1.29 is 67.7 Å². The van der Waals surface area contributed by atoms with Gasteiger partial charge in [-0.3, -0.25) is 0 Å². The minimum absolute atomic E-state index is 0.0553. The summed E-state index contributed by atoms with van der Waals surface area (Å²) in [6.45, 7) is 10.2. The molecule has 62 heavy (non-hydrogen) atoms. The van der Waals surface area contributed by atoms with Gasteiger partial charge in [-0.1, -0.05) is 156 Å². The maximum absolute atomic E-state index is 12.9. The number of rotatable bonds is 44. The van der Waals surface area contributed by atoms with Gasteiger partial charge in [0.1, 0.15) is 6.61 Å². The molecule has 3 N–H and O–H groups in total. The van der Waals surface area contributed by atoms with E-state index in [1.54, 1.807) is 0 Å². The van der Waals surface area contributed by atoms with E-state index in [4.69, 9.17) is 33.2 Å². The molecule has 1 unspecified atom stereocenters. The number of hydrogen-bond donors (Lipinski definition) is 3. The highest BCUT2D eigenvalue weighted by Crippen LogP contribution is 2.28. The molecule has 0 aliphatic heterocycles. The Kier molecular flexibility index (Phi) is 34.2. The first-order valence-electron chi connectivity index (χ1n) is 23.9. The molecule has 1 atom stereocenters. The highest BCUT2D eigenvalue weighted by Gasteiger charge is 2.45. The van der Waals surface area contributed by atoms with Gasteiger partial charge in [-0.15, -0.1) is 0 Å². The number of ether oxygens (including phenoxy) is 7. The van der Waals surface area contributed by atoms with Gasteiger partial charge >= 0.3 is 29.9 Å². The van der Waals surface area contributed by atoms with Crippen LogP contribution in [0, 0.1) is 0 Å². The van der Waals surface area contributed by atoms with E-state index in [0.29, 0.717) is 38.6 Å². The predicted octanol–water partition coefficient (Wildman–Crippen LogP) is 11.5. The summed E-state index contributed by atoms with van der Waals surface area (Å²) in [5.74, 6) is -7.63. The van der Waals surface area contributed by atoms with Crippen LogP contribution in [-0.4, -0.2) is 104 Å². The quantitative estimate of drug-likeness (QED) is 0.0318. The molecule has 0 aliphatic carbocycles. The monoisotopic (exact) mass is 883 g/mol. The largest absolute Gasteiger partial charge is 0.478 e. The van der Waals surface area contributed by atoms with E-state index in [1.165, 1.54) is 77.0 Å². The van der Waals surface area contributed by atoms with Crippen LogP contribution >= 0.6 is 0 Å². The summed E-state index contributed by atoms with van der Waals surface area (Å²) in [6, 6.07) is 1.33. The summed E-state index contributed by atoms with van der Waals surface area (Å²) in [5.41, 5.74) is -2.79. The average Bonchev–Trinajstić information content (AvgIpc) is 3.25. The highest BCUT2D eigenvalue weighted by molar-refractivity contribution is 6.09. The van der Waals surface area contributed by atoms with Crippen molar-refractivity contribution in [3.8, 4) is 0 Å². The van der Waals surface area contributed by atoms with Gasteiger partial charge in [-0.05, 0) is 37.8 Å². The summed E-state index contributed by atoms with van der Waals surface area (Å²) < 4.78 is 43.7. The van der Waals surface area contributed by atoms with Crippen molar-refractivity contribution >= 4 is 23.9 Å². The standard InChI is InChI=1S/C48H82O14/c1-5-9-13-17-21-25-29-58-47(59-36-34-56-33-35-57-46(55)42-38-40(44(51)52)39(43(49)50)37-41(42)45(53)54)48(60-30-26-22-18-14-10-6-2,61-31-27-23-19-15-11-7-3)62-32-28-24-20-16-12-8-4/h37-38,47H,5-36H2,1-4H3,(H,49,50)(H,51,52)(H,53,54). The molecule has 358 valence electrons. The molecule has 0 amide bonds. The summed E-state index contributed by atoms with van der Waals surface area (Å²) in [5, 5.41) is 28.5. The second-order valence-electron chi connectivity index (χ2n) is 15.9.